The second kappa shape index (κ2) is 6.96. The Bertz CT molecular complexity index is 729. The second-order valence-electron chi connectivity index (χ2n) is 7.09. The number of benzene rings is 2. The molecule has 2 aromatic carbocycles. The maximum Gasteiger partial charge on any atom is 0.161 e. The molecule has 4 rings (SSSR count). The lowest BCUT2D eigenvalue weighted by atomic mass is 10.1. The van der Waals surface area contributed by atoms with Crippen LogP contribution in [-0.4, -0.2) is 43.8 Å². The molecule has 1 atom stereocenters. The van der Waals surface area contributed by atoms with Crippen molar-refractivity contribution in [3.8, 4) is 11.5 Å². The Kier molecular flexibility index (Phi) is 4.53. The quantitative estimate of drug-likeness (QED) is 0.855. The molecule has 0 aromatic heterocycles. The first-order chi connectivity index (χ1) is 12.2. The Balaban J connectivity index is 1.40. The number of anilines is 1. The van der Waals surface area contributed by atoms with E-state index in [9.17, 15) is 0 Å². The molecule has 4 heteroatoms. The van der Waals surface area contributed by atoms with Gasteiger partial charge in [-0.1, -0.05) is 23.8 Å². The molecule has 0 N–H and O–H groups in total. The first-order valence-corrected chi connectivity index (χ1v) is 9.13. The van der Waals surface area contributed by atoms with Gasteiger partial charge in [0.2, 0.25) is 0 Å². The summed E-state index contributed by atoms with van der Waals surface area (Å²) in [5.74, 6) is 1.75. The smallest absolute Gasteiger partial charge is 0.161 e. The van der Waals surface area contributed by atoms with E-state index in [4.69, 9.17) is 9.47 Å². The van der Waals surface area contributed by atoms with Gasteiger partial charge in [0.25, 0.3) is 0 Å². The van der Waals surface area contributed by atoms with Gasteiger partial charge in [-0.15, -0.1) is 0 Å². The molecule has 25 heavy (non-hydrogen) atoms. The molecular formula is C21H26N2O2. The third-order valence-electron chi connectivity index (χ3n) is 5.09. The number of aryl methyl sites for hydroxylation is 1. The standard InChI is InChI=1S/C21H26N2O2/c1-16-3-6-19(7-4-16)23-10-9-22(14-17(23)2)15-18-5-8-20-21(13-18)25-12-11-24-20/h3-8,13,17H,9-12,14-15H2,1-2H3. The van der Waals surface area contributed by atoms with Crippen LogP contribution in [0.2, 0.25) is 0 Å². The number of nitrogens with zero attached hydrogens (tertiary/aromatic N) is 2. The van der Waals surface area contributed by atoms with Crippen molar-refractivity contribution in [3.63, 3.8) is 0 Å². The monoisotopic (exact) mass is 338 g/mol. The van der Waals surface area contributed by atoms with Crippen LogP contribution in [0.15, 0.2) is 42.5 Å². The van der Waals surface area contributed by atoms with Crippen molar-refractivity contribution in [2.75, 3.05) is 37.7 Å². The molecule has 2 aliphatic rings. The highest BCUT2D eigenvalue weighted by atomic mass is 16.6. The molecule has 4 nitrogen and oxygen atoms in total. The first-order valence-electron chi connectivity index (χ1n) is 9.13. The van der Waals surface area contributed by atoms with Gasteiger partial charge in [0.15, 0.2) is 11.5 Å². The van der Waals surface area contributed by atoms with Crippen molar-refractivity contribution in [3.05, 3.63) is 53.6 Å². The number of hydrogen-bond acceptors (Lipinski definition) is 4. The summed E-state index contributed by atoms with van der Waals surface area (Å²) < 4.78 is 11.3. The summed E-state index contributed by atoms with van der Waals surface area (Å²) in [6.45, 7) is 9.91. The Morgan fingerprint density at radius 1 is 0.960 bits per heavy atom. The van der Waals surface area contributed by atoms with Crippen molar-refractivity contribution in [2.45, 2.75) is 26.4 Å². The predicted octanol–water partition coefficient (Wildman–Crippen LogP) is 3.48. The maximum atomic E-state index is 5.71. The highest BCUT2D eigenvalue weighted by Crippen LogP contribution is 2.31. The molecule has 1 unspecified atom stereocenters. The Morgan fingerprint density at radius 3 is 2.48 bits per heavy atom. The summed E-state index contributed by atoms with van der Waals surface area (Å²) in [7, 11) is 0. The third-order valence-corrected chi connectivity index (χ3v) is 5.09. The molecule has 2 aromatic rings. The third kappa shape index (κ3) is 3.59. The van der Waals surface area contributed by atoms with Crippen molar-refractivity contribution < 1.29 is 9.47 Å². The van der Waals surface area contributed by atoms with E-state index < -0.39 is 0 Å². The SMILES string of the molecule is Cc1ccc(N2CCN(Cc3ccc4c(c3)OCCO4)CC2C)cc1. The van der Waals surface area contributed by atoms with Crippen LogP contribution in [0.3, 0.4) is 0 Å². The molecule has 1 saturated heterocycles. The van der Waals surface area contributed by atoms with Gasteiger partial charge in [-0.3, -0.25) is 4.90 Å². The fourth-order valence-corrected chi connectivity index (χ4v) is 3.74. The summed E-state index contributed by atoms with van der Waals surface area (Å²) in [6, 6.07) is 15.7. The number of hydrogen-bond donors (Lipinski definition) is 0. The van der Waals surface area contributed by atoms with Gasteiger partial charge in [0, 0.05) is 37.9 Å². The molecule has 0 radical (unpaired) electrons. The lowest BCUT2D eigenvalue weighted by molar-refractivity contribution is 0.170. The molecule has 0 saturated carbocycles. The average molecular weight is 338 g/mol. The number of piperazine rings is 1. The van der Waals surface area contributed by atoms with Crippen LogP contribution in [0.5, 0.6) is 11.5 Å². The van der Waals surface area contributed by atoms with E-state index in [1.807, 2.05) is 6.07 Å². The zero-order chi connectivity index (χ0) is 17.2. The normalized spacial score (nSPS) is 20.6. The van der Waals surface area contributed by atoms with Crippen LogP contribution < -0.4 is 14.4 Å². The molecule has 132 valence electrons. The van der Waals surface area contributed by atoms with Gasteiger partial charge in [-0.05, 0) is 43.7 Å². The molecule has 0 bridgehead atoms. The summed E-state index contributed by atoms with van der Waals surface area (Å²) in [4.78, 5) is 5.04. The molecule has 1 fully saturated rings. The Labute approximate surface area is 150 Å². The number of fused-ring (bicyclic) bond motifs is 1. The summed E-state index contributed by atoms with van der Waals surface area (Å²) in [6.07, 6.45) is 0. The van der Waals surface area contributed by atoms with Crippen molar-refractivity contribution >= 4 is 5.69 Å². The van der Waals surface area contributed by atoms with Gasteiger partial charge in [0.1, 0.15) is 13.2 Å². The Hall–Kier alpha value is -2.20. The van der Waals surface area contributed by atoms with Crippen molar-refractivity contribution in [1.82, 2.24) is 4.90 Å². The van der Waals surface area contributed by atoms with E-state index in [0.29, 0.717) is 19.3 Å². The second-order valence-corrected chi connectivity index (χ2v) is 7.09. The Morgan fingerprint density at radius 2 is 1.72 bits per heavy atom. The molecule has 0 amide bonds. The summed E-state index contributed by atoms with van der Waals surface area (Å²) >= 11 is 0. The molecular weight excluding hydrogens is 312 g/mol. The molecule has 0 aliphatic carbocycles. The molecule has 2 heterocycles. The predicted molar refractivity (Wildman–Crippen MR) is 101 cm³/mol. The maximum absolute atomic E-state index is 5.71. The van der Waals surface area contributed by atoms with Crippen LogP contribution in [0.1, 0.15) is 18.1 Å². The molecule has 2 aliphatic heterocycles. The fourth-order valence-electron chi connectivity index (χ4n) is 3.74. The van der Waals surface area contributed by atoms with Crippen LogP contribution in [-0.2, 0) is 6.54 Å². The van der Waals surface area contributed by atoms with Gasteiger partial charge in [-0.2, -0.15) is 0 Å². The van der Waals surface area contributed by atoms with Gasteiger partial charge in [0.05, 0.1) is 0 Å². The van der Waals surface area contributed by atoms with Gasteiger partial charge in [-0.25, -0.2) is 0 Å². The average Bonchev–Trinajstić information content (AvgIpc) is 2.63. The van der Waals surface area contributed by atoms with Crippen LogP contribution in [0.4, 0.5) is 5.69 Å². The van der Waals surface area contributed by atoms with E-state index in [-0.39, 0.29) is 0 Å². The van der Waals surface area contributed by atoms with Gasteiger partial charge >= 0.3 is 0 Å². The summed E-state index contributed by atoms with van der Waals surface area (Å²) in [5, 5.41) is 0. The van der Waals surface area contributed by atoms with E-state index in [1.165, 1.54) is 16.8 Å². The van der Waals surface area contributed by atoms with E-state index in [0.717, 1.165) is 37.7 Å². The fraction of sp³-hybridized carbons (Fsp3) is 0.429. The lowest BCUT2D eigenvalue weighted by Gasteiger charge is -2.41. The minimum Gasteiger partial charge on any atom is -0.486 e. The number of ether oxygens (including phenoxy) is 2. The first kappa shape index (κ1) is 16.3. The van der Waals surface area contributed by atoms with Gasteiger partial charge < -0.3 is 14.4 Å². The van der Waals surface area contributed by atoms with Crippen molar-refractivity contribution in [1.29, 1.82) is 0 Å². The highest BCUT2D eigenvalue weighted by Gasteiger charge is 2.24. The molecule has 0 spiro atoms. The largest absolute Gasteiger partial charge is 0.486 e. The minimum atomic E-state index is 0.508. The lowest BCUT2D eigenvalue weighted by Crippen LogP contribution is -2.51. The van der Waals surface area contributed by atoms with E-state index in [1.54, 1.807) is 0 Å². The zero-order valence-electron chi connectivity index (χ0n) is 15.1. The summed E-state index contributed by atoms with van der Waals surface area (Å²) in [5.41, 5.74) is 3.94. The van der Waals surface area contributed by atoms with Crippen LogP contribution in [0, 0.1) is 6.92 Å². The zero-order valence-corrected chi connectivity index (χ0v) is 15.1. The van der Waals surface area contributed by atoms with Crippen LogP contribution in [0.25, 0.3) is 0 Å². The highest BCUT2D eigenvalue weighted by molar-refractivity contribution is 5.49. The van der Waals surface area contributed by atoms with Crippen molar-refractivity contribution in [2.24, 2.45) is 0 Å². The topological polar surface area (TPSA) is 24.9 Å². The van der Waals surface area contributed by atoms with E-state index in [2.05, 4.69) is 60.0 Å². The van der Waals surface area contributed by atoms with E-state index >= 15 is 0 Å². The van der Waals surface area contributed by atoms with Crippen LogP contribution >= 0.6 is 0 Å². The number of rotatable bonds is 3. The minimum absolute atomic E-state index is 0.508.